The largest absolute Gasteiger partial charge is 0.477 e. The van der Waals surface area contributed by atoms with E-state index in [9.17, 15) is 33.0 Å². The van der Waals surface area contributed by atoms with E-state index in [0.717, 1.165) is 19.5 Å². The van der Waals surface area contributed by atoms with E-state index in [1.54, 1.807) is 10.6 Å². The van der Waals surface area contributed by atoms with Crippen molar-refractivity contribution in [3.8, 4) is 0 Å². The topological polar surface area (TPSA) is 94.8 Å². The number of aromatic nitrogens is 1. The van der Waals surface area contributed by atoms with Gasteiger partial charge in [-0.25, -0.2) is 18.0 Å². The third-order valence-corrected chi connectivity index (χ3v) is 6.65. The van der Waals surface area contributed by atoms with E-state index in [0.29, 0.717) is 29.0 Å². The van der Waals surface area contributed by atoms with Gasteiger partial charge < -0.3 is 25.0 Å². The van der Waals surface area contributed by atoms with E-state index >= 15 is 0 Å². The molecule has 1 saturated heterocycles. The summed E-state index contributed by atoms with van der Waals surface area (Å²) >= 11 is 0. The number of rotatable bonds is 7. The molecule has 1 aromatic heterocycles. The second-order valence-corrected chi connectivity index (χ2v) is 10.1. The first-order valence-corrected chi connectivity index (χ1v) is 11.6. The van der Waals surface area contributed by atoms with Gasteiger partial charge in [-0.15, -0.1) is 0 Å². The monoisotopic (exact) mass is 503 g/mol. The second-order valence-electron chi connectivity index (χ2n) is 10.1. The number of nitrogens with zero attached hydrogens (tertiary/aromatic N) is 2. The van der Waals surface area contributed by atoms with Gasteiger partial charge in [0.25, 0.3) is 0 Å². The molecule has 36 heavy (non-hydrogen) atoms. The number of anilines is 2. The number of hydrogen-bond acceptors (Lipinski definition) is 5. The molecule has 0 spiro atoms. The summed E-state index contributed by atoms with van der Waals surface area (Å²) in [5.74, 6) is -4.52. The number of carbonyl (C=O) groups is 1. The van der Waals surface area contributed by atoms with Crippen LogP contribution in [0.15, 0.2) is 35.3 Å². The molecule has 1 atom stereocenters. The Kier molecular flexibility index (Phi) is 6.74. The third kappa shape index (κ3) is 4.65. The van der Waals surface area contributed by atoms with Crippen LogP contribution in [-0.2, 0) is 6.54 Å². The predicted molar refractivity (Wildman–Crippen MR) is 131 cm³/mol. The molecular weight excluding hydrogens is 475 g/mol. The molecule has 4 rings (SSSR count). The summed E-state index contributed by atoms with van der Waals surface area (Å²) in [6.07, 6.45) is 2.19. The van der Waals surface area contributed by atoms with Crippen LogP contribution in [0.1, 0.15) is 49.2 Å². The number of aromatic carboxylic acids is 1. The molecular formula is C26H28F3N3O4. The van der Waals surface area contributed by atoms with Crippen LogP contribution in [0.4, 0.5) is 24.5 Å². The highest BCUT2D eigenvalue weighted by Gasteiger charge is 2.29. The van der Waals surface area contributed by atoms with Gasteiger partial charge in [0.1, 0.15) is 23.0 Å². The number of hydrogen-bond donors (Lipinski definition) is 3. The average molecular weight is 504 g/mol. The maximum absolute atomic E-state index is 14.2. The molecule has 3 aromatic rings. The van der Waals surface area contributed by atoms with Crippen LogP contribution >= 0.6 is 0 Å². The number of benzene rings is 2. The van der Waals surface area contributed by atoms with Crippen LogP contribution in [0.2, 0.25) is 0 Å². The number of halogens is 3. The Balaban J connectivity index is 1.92. The Labute approximate surface area is 205 Å². The van der Waals surface area contributed by atoms with Crippen molar-refractivity contribution in [2.75, 3.05) is 29.9 Å². The molecule has 0 amide bonds. The summed E-state index contributed by atoms with van der Waals surface area (Å²) in [6.45, 7) is 6.53. The molecule has 2 heterocycles. The molecule has 1 fully saturated rings. The standard InChI is InChI=1S/C26H28F3N3O4/c1-26(2,3)23(13-33)32-12-17(25(35)36)24(34)15-9-20(22(10-21(15)32)31-5-4-6-31)30-11-16-18(28)7-14(27)8-19(16)29/h7-10,12,23,30,33H,4-6,11,13H2,1-3H3,(H,35,36)/t23-/m1/s1. The molecule has 1 aliphatic heterocycles. The summed E-state index contributed by atoms with van der Waals surface area (Å²) in [5.41, 5.74) is -0.522. The number of aliphatic hydroxyl groups is 1. The lowest BCUT2D eigenvalue weighted by Gasteiger charge is -2.36. The van der Waals surface area contributed by atoms with Gasteiger partial charge in [0, 0.05) is 48.9 Å². The van der Waals surface area contributed by atoms with Crippen molar-refractivity contribution in [2.24, 2.45) is 5.41 Å². The van der Waals surface area contributed by atoms with E-state index in [2.05, 4.69) is 5.32 Å². The first-order chi connectivity index (χ1) is 16.9. The highest BCUT2D eigenvalue weighted by molar-refractivity contribution is 5.96. The molecule has 2 aromatic carbocycles. The number of aliphatic hydroxyl groups excluding tert-OH is 1. The number of carboxylic acids is 1. The predicted octanol–water partition coefficient (Wildman–Crippen LogP) is 4.52. The van der Waals surface area contributed by atoms with Crippen molar-refractivity contribution >= 4 is 28.2 Å². The fraction of sp³-hybridized carbons (Fsp3) is 0.385. The molecule has 192 valence electrons. The van der Waals surface area contributed by atoms with E-state index in [1.807, 2.05) is 25.7 Å². The van der Waals surface area contributed by atoms with E-state index in [-0.39, 0.29) is 24.1 Å². The van der Waals surface area contributed by atoms with Crippen LogP contribution in [0.25, 0.3) is 10.9 Å². The van der Waals surface area contributed by atoms with Gasteiger partial charge in [-0.1, -0.05) is 20.8 Å². The summed E-state index contributed by atoms with van der Waals surface area (Å²) in [4.78, 5) is 27.1. The number of pyridine rings is 1. The first-order valence-electron chi connectivity index (χ1n) is 11.6. The Morgan fingerprint density at radius 2 is 1.75 bits per heavy atom. The van der Waals surface area contributed by atoms with Crippen molar-refractivity contribution < 1.29 is 28.2 Å². The van der Waals surface area contributed by atoms with Crippen LogP contribution in [-0.4, -0.2) is 40.4 Å². The average Bonchev–Trinajstić information content (AvgIpc) is 2.73. The second kappa shape index (κ2) is 9.50. The van der Waals surface area contributed by atoms with E-state index in [1.165, 1.54) is 12.3 Å². The van der Waals surface area contributed by atoms with Gasteiger partial charge in [-0.05, 0) is 24.0 Å². The maximum atomic E-state index is 14.2. The van der Waals surface area contributed by atoms with Gasteiger partial charge in [0.15, 0.2) is 0 Å². The number of fused-ring (bicyclic) bond motifs is 1. The van der Waals surface area contributed by atoms with Crippen molar-refractivity contribution in [2.45, 2.75) is 39.8 Å². The summed E-state index contributed by atoms with van der Waals surface area (Å²) in [6, 6.07) is 3.86. The molecule has 0 saturated carbocycles. The Morgan fingerprint density at radius 3 is 2.25 bits per heavy atom. The zero-order valence-corrected chi connectivity index (χ0v) is 20.2. The molecule has 7 nitrogen and oxygen atoms in total. The summed E-state index contributed by atoms with van der Waals surface area (Å²) < 4.78 is 43.4. The van der Waals surface area contributed by atoms with Crippen molar-refractivity contribution in [1.82, 2.24) is 4.57 Å². The normalized spacial score (nSPS) is 14.6. The zero-order chi connectivity index (χ0) is 26.4. The molecule has 0 radical (unpaired) electrons. The first kappa shape index (κ1) is 25.6. The SMILES string of the molecule is CC(C)(C)[C@@H](CO)n1cc(C(=O)O)c(=O)c2cc(NCc3c(F)cc(F)cc3F)c(N3CCC3)cc21. The molecule has 1 aliphatic rings. The lowest BCUT2D eigenvalue weighted by molar-refractivity contribution is 0.0692. The highest BCUT2D eigenvalue weighted by atomic mass is 19.1. The van der Waals surface area contributed by atoms with E-state index in [4.69, 9.17) is 0 Å². The van der Waals surface area contributed by atoms with Gasteiger partial charge in [-0.2, -0.15) is 0 Å². The van der Waals surface area contributed by atoms with Gasteiger partial charge in [0.05, 0.1) is 29.5 Å². The van der Waals surface area contributed by atoms with Crippen LogP contribution in [0.3, 0.4) is 0 Å². The Morgan fingerprint density at radius 1 is 1.11 bits per heavy atom. The molecule has 0 bridgehead atoms. The summed E-state index contributed by atoms with van der Waals surface area (Å²) in [7, 11) is 0. The minimum atomic E-state index is -1.40. The van der Waals surface area contributed by atoms with Crippen LogP contribution < -0.4 is 15.6 Å². The van der Waals surface area contributed by atoms with Gasteiger partial charge in [0.2, 0.25) is 5.43 Å². The number of carboxylic acid groups (broad SMARTS) is 1. The molecule has 3 N–H and O–H groups in total. The van der Waals surface area contributed by atoms with Crippen molar-refractivity contribution in [3.05, 3.63) is 69.3 Å². The fourth-order valence-electron chi connectivity index (χ4n) is 4.46. The maximum Gasteiger partial charge on any atom is 0.341 e. The minimum absolute atomic E-state index is 0.0874. The van der Waals surface area contributed by atoms with Crippen LogP contribution in [0, 0.1) is 22.9 Å². The lowest BCUT2D eigenvalue weighted by atomic mass is 9.86. The quantitative estimate of drug-likeness (QED) is 0.439. The fourth-order valence-corrected chi connectivity index (χ4v) is 4.46. The smallest absolute Gasteiger partial charge is 0.341 e. The zero-order valence-electron chi connectivity index (χ0n) is 20.2. The summed E-state index contributed by atoms with van der Waals surface area (Å²) in [5, 5.41) is 22.9. The van der Waals surface area contributed by atoms with Crippen LogP contribution in [0.5, 0.6) is 0 Å². The van der Waals surface area contributed by atoms with E-state index < -0.39 is 45.9 Å². The van der Waals surface area contributed by atoms with Gasteiger partial charge >= 0.3 is 5.97 Å². The molecule has 0 unspecified atom stereocenters. The van der Waals surface area contributed by atoms with Crippen molar-refractivity contribution in [3.63, 3.8) is 0 Å². The van der Waals surface area contributed by atoms with Gasteiger partial charge in [-0.3, -0.25) is 4.79 Å². The Bertz CT molecular complexity index is 1370. The van der Waals surface area contributed by atoms with Crippen molar-refractivity contribution in [1.29, 1.82) is 0 Å². The minimum Gasteiger partial charge on any atom is -0.477 e. The Hall–Kier alpha value is -3.53. The highest BCUT2D eigenvalue weighted by Crippen LogP contribution is 2.37. The molecule has 10 heteroatoms. The lowest BCUT2D eigenvalue weighted by Crippen LogP contribution is -2.37. The third-order valence-electron chi connectivity index (χ3n) is 6.65. The molecule has 0 aliphatic carbocycles. The number of nitrogens with one attached hydrogen (secondary N) is 1.